The molecule has 15 heavy (non-hydrogen) atoms. The number of anilines is 1. The number of alkyl halides is 1. The molecule has 0 unspecified atom stereocenters. The molecule has 1 aromatic rings. The molecule has 0 bridgehead atoms. The minimum absolute atomic E-state index is 0.108. The minimum Gasteiger partial charge on any atom is -0.491 e. The zero-order valence-electron chi connectivity index (χ0n) is 8.63. The number of halogens is 1. The summed E-state index contributed by atoms with van der Waals surface area (Å²) in [4.78, 5) is 10.9. The molecule has 0 heterocycles. The highest BCUT2D eigenvalue weighted by atomic mass is 35.5. The van der Waals surface area contributed by atoms with E-state index in [2.05, 4.69) is 5.32 Å². The van der Waals surface area contributed by atoms with Crippen LogP contribution in [0.5, 0.6) is 5.75 Å². The van der Waals surface area contributed by atoms with Crippen molar-refractivity contribution in [2.24, 2.45) is 0 Å². The van der Waals surface area contributed by atoms with E-state index in [-0.39, 0.29) is 5.91 Å². The van der Waals surface area contributed by atoms with Gasteiger partial charge in [0.05, 0.1) is 12.3 Å². The number of carbonyl (C=O) groups is 1. The van der Waals surface area contributed by atoms with E-state index in [4.69, 9.17) is 16.3 Å². The molecule has 0 spiro atoms. The molecular weight excluding hydrogens is 214 g/mol. The van der Waals surface area contributed by atoms with Gasteiger partial charge in [0.15, 0.2) is 0 Å². The minimum atomic E-state index is -0.108. The van der Waals surface area contributed by atoms with E-state index in [1.165, 1.54) is 6.92 Å². The van der Waals surface area contributed by atoms with Crippen molar-refractivity contribution in [2.45, 2.75) is 13.3 Å². The second kappa shape index (κ2) is 6.30. The van der Waals surface area contributed by atoms with Crippen molar-refractivity contribution in [1.82, 2.24) is 0 Å². The first-order chi connectivity index (χ1) is 7.24. The molecule has 0 aliphatic rings. The second-order valence-corrected chi connectivity index (χ2v) is 3.45. The third-order valence-corrected chi connectivity index (χ3v) is 2.00. The molecule has 0 aliphatic heterocycles. The lowest BCUT2D eigenvalue weighted by atomic mass is 10.3. The van der Waals surface area contributed by atoms with E-state index in [1.54, 1.807) is 6.07 Å². The zero-order valence-corrected chi connectivity index (χ0v) is 9.38. The Morgan fingerprint density at radius 1 is 1.47 bits per heavy atom. The summed E-state index contributed by atoms with van der Waals surface area (Å²) < 4.78 is 5.48. The fourth-order valence-corrected chi connectivity index (χ4v) is 1.23. The lowest BCUT2D eigenvalue weighted by molar-refractivity contribution is -0.114. The monoisotopic (exact) mass is 227 g/mol. The maximum absolute atomic E-state index is 10.9. The van der Waals surface area contributed by atoms with Crippen LogP contribution in [0.15, 0.2) is 24.3 Å². The highest BCUT2D eigenvalue weighted by molar-refractivity contribution is 6.17. The topological polar surface area (TPSA) is 38.3 Å². The molecule has 0 fully saturated rings. The first-order valence-electron chi connectivity index (χ1n) is 4.79. The van der Waals surface area contributed by atoms with Gasteiger partial charge < -0.3 is 10.1 Å². The van der Waals surface area contributed by atoms with Crippen LogP contribution in [0.25, 0.3) is 0 Å². The molecule has 0 radical (unpaired) electrons. The Bertz CT molecular complexity index is 328. The Hall–Kier alpha value is -1.22. The SMILES string of the molecule is CC(=O)Nc1ccccc1OCCCCl. The normalized spacial score (nSPS) is 9.73. The molecule has 0 aromatic heterocycles. The van der Waals surface area contributed by atoms with Crippen LogP contribution in [0.1, 0.15) is 13.3 Å². The Morgan fingerprint density at radius 2 is 2.20 bits per heavy atom. The molecule has 0 atom stereocenters. The van der Waals surface area contributed by atoms with Gasteiger partial charge in [-0.05, 0) is 18.6 Å². The Balaban J connectivity index is 2.64. The van der Waals surface area contributed by atoms with Gasteiger partial charge in [0.25, 0.3) is 0 Å². The van der Waals surface area contributed by atoms with E-state index in [9.17, 15) is 4.79 Å². The molecule has 1 aromatic carbocycles. The number of hydrogen-bond acceptors (Lipinski definition) is 2. The molecule has 1 amide bonds. The predicted octanol–water partition coefficient (Wildman–Crippen LogP) is 2.65. The lowest BCUT2D eigenvalue weighted by Crippen LogP contribution is -2.08. The van der Waals surface area contributed by atoms with Gasteiger partial charge in [0, 0.05) is 12.8 Å². The van der Waals surface area contributed by atoms with E-state index in [1.807, 2.05) is 18.2 Å². The van der Waals surface area contributed by atoms with E-state index >= 15 is 0 Å². The summed E-state index contributed by atoms with van der Waals surface area (Å²) in [7, 11) is 0. The van der Waals surface area contributed by atoms with Crippen LogP contribution in [0.3, 0.4) is 0 Å². The number of rotatable bonds is 5. The van der Waals surface area contributed by atoms with Crippen molar-refractivity contribution in [3.8, 4) is 5.75 Å². The van der Waals surface area contributed by atoms with Crippen molar-refractivity contribution in [2.75, 3.05) is 17.8 Å². The number of nitrogens with one attached hydrogen (secondary N) is 1. The molecule has 4 heteroatoms. The van der Waals surface area contributed by atoms with Gasteiger partial charge in [0.2, 0.25) is 5.91 Å². The number of hydrogen-bond donors (Lipinski definition) is 1. The molecule has 0 aliphatic carbocycles. The predicted molar refractivity (Wildman–Crippen MR) is 61.6 cm³/mol. The third-order valence-electron chi connectivity index (χ3n) is 1.73. The summed E-state index contributed by atoms with van der Waals surface area (Å²) in [5.41, 5.74) is 0.694. The Labute approximate surface area is 94.4 Å². The van der Waals surface area contributed by atoms with Gasteiger partial charge in [0.1, 0.15) is 5.75 Å². The van der Waals surface area contributed by atoms with Crippen LogP contribution in [0.4, 0.5) is 5.69 Å². The molecule has 1 N–H and O–H groups in total. The van der Waals surface area contributed by atoms with Crippen molar-refractivity contribution in [1.29, 1.82) is 0 Å². The number of ether oxygens (including phenoxy) is 1. The molecule has 82 valence electrons. The van der Waals surface area contributed by atoms with Crippen LogP contribution < -0.4 is 10.1 Å². The van der Waals surface area contributed by atoms with E-state index in [0.717, 1.165) is 6.42 Å². The van der Waals surface area contributed by atoms with Crippen LogP contribution >= 0.6 is 11.6 Å². The maximum atomic E-state index is 10.9. The van der Waals surface area contributed by atoms with Gasteiger partial charge >= 0.3 is 0 Å². The van der Waals surface area contributed by atoms with Crippen LogP contribution in [-0.4, -0.2) is 18.4 Å². The Kier molecular flexibility index (Phi) is 4.98. The number of carbonyl (C=O) groups excluding carboxylic acids is 1. The van der Waals surface area contributed by atoms with Gasteiger partial charge in [-0.3, -0.25) is 4.79 Å². The zero-order chi connectivity index (χ0) is 11.1. The third kappa shape index (κ3) is 4.21. The summed E-state index contributed by atoms with van der Waals surface area (Å²) >= 11 is 5.54. The molecule has 0 saturated heterocycles. The van der Waals surface area contributed by atoms with Crippen molar-refractivity contribution in [3.05, 3.63) is 24.3 Å². The average molecular weight is 228 g/mol. The number of benzene rings is 1. The van der Waals surface area contributed by atoms with Crippen molar-refractivity contribution < 1.29 is 9.53 Å². The average Bonchev–Trinajstić information content (AvgIpc) is 2.20. The van der Waals surface area contributed by atoms with Gasteiger partial charge in [-0.1, -0.05) is 12.1 Å². The summed E-state index contributed by atoms with van der Waals surface area (Å²) in [6, 6.07) is 7.33. The summed E-state index contributed by atoms with van der Waals surface area (Å²) in [5, 5.41) is 2.70. The second-order valence-electron chi connectivity index (χ2n) is 3.07. The first-order valence-corrected chi connectivity index (χ1v) is 5.33. The smallest absolute Gasteiger partial charge is 0.221 e. The molecule has 3 nitrogen and oxygen atoms in total. The van der Waals surface area contributed by atoms with Gasteiger partial charge in [-0.15, -0.1) is 11.6 Å². The molecule has 1 rings (SSSR count). The van der Waals surface area contributed by atoms with E-state index < -0.39 is 0 Å². The fraction of sp³-hybridized carbons (Fsp3) is 0.364. The number of para-hydroxylation sites is 2. The molecule has 0 saturated carbocycles. The summed E-state index contributed by atoms with van der Waals surface area (Å²) in [6.07, 6.45) is 0.788. The highest BCUT2D eigenvalue weighted by Crippen LogP contribution is 2.23. The summed E-state index contributed by atoms with van der Waals surface area (Å²) in [5.74, 6) is 1.14. The van der Waals surface area contributed by atoms with Gasteiger partial charge in [-0.25, -0.2) is 0 Å². The number of amides is 1. The summed E-state index contributed by atoms with van der Waals surface area (Å²) in [6.45, 7) is 2.02. The van der Waals surface area contributed by atoms with Crippen molar-refractivity contribution >= 4 is 23.2 Å². The largest absolute Gasteiger partial charge is 0.491 e. The standard InChI is InChI=1S/C11H14ClNO2/c1-9(14)13-10-5-2-3-6-11(10)15-8-4-7-12/h2-3,5-6H,4,7-8H2,1H3,(H,13,14). The first kappa shape index (κ1) is 11.9. The fourth-order valence-electron chi connectivity index (χ4n) is 1.12. The van der Waals surface area contributed by atoms with Crippen LogP contribution in [0.2, 0.25) is 0 Å². The Morgan fingerprint density at radius 3 is 2.87 bits per heavy atom. The maximum Gasteiger partial charge on any atom is 0.221 e. The molecular formula is C11H14ClNO2. The quantitative estimate of drug-likeness (QED) is 0.621. The van der Waals surface area contributed by atoms with Crippen molar-refractivity contribution in [3.63, 3.8) is 0 Å². The van der Waals surface area contributed by atoms with Crippen LogP contribution in [0, 0.1) is 0 Å². The highest BCUT2D eigenvalue weighted by Gasteiger charge is 2.03. The van der Waals surface area contributed by atoms with Gasteiger partial charge in [-0.2, -0.15) is 0 Å². The lowest BCUT2D eigenvalue weighted by Gasteiger charge is -2.10. The van der Waals surface area contributed by atoms with E-state index in [0.29, 0.717) is 23.9 Å². The van der Waals surface area contributed by atoms with Crippen LogP contribution in [-0.2, 0) is 4.79 Å².